The van der Waals surface area contributed by atoms with Gasteiger partial charge < -0.3 is 9.42 Å². The van der Waals surface area contributed by atoms with E-state index in [4.69, 9.17) is 16.1 Å². The van der Waals surface area contributed by atoms with E-state index in [1.165, 1.54) is 0 Å². The number of hydrogen-bond acceptors (Lipinski definition) is 4. The summed E-state index contributed by atoms with van der Waals surface area (Å²) in [7, 11) is 0. The SMILES string of the molecule is O=C(c1ccccc1-c1nc(-c2ccccc2Cl)no1)N1CCCC1. The molecular weight excluding hydrogens is 338 g/mol. The Morgan fingerprint density at radius 3 is 2.44 bits per heavy atom. The van der Waals surface area contributed by atoms with Crippen molar-refractivity contribution in [1.29, 1.82) is 0 Å². The van der Waals surface area contributed by atoms with Gasteiger partial charge >= 0.3 is 0 Å². The van der Waals surface area contributed by atoms with Crippen LogP contribution in [0, 0.1) is 0 Å². The van der Waals surface area contributed by atoms with E-state index in [-0.39, 0.29) is 5.91 Å². The molecule has 5 nitrogen and oxygen atoms in total. The molecule has 1 aliphatic rings. The molecule has 25 heavy (non-hydrogen) atoms. The van der Waals surface area contributed by atoms with Crippen LogP contribution in [0.3, 0.4) is 0 Å². The van der Waals surface area contributed by atoms with Crippen LogP contribution in [0.4, 0.5) is 0 Å². The number of aromatic nitrogens is 2. The molecule has 1 aromatic heterocycles. The number of nitrogens with zero attached hydrogens (tertiary/aromatic N) is 3. The van der Waals surface area contributed by atoms with E-state index >= 15 is 0 Å². The van der Waals surface area contributed by atoms with Gasteiger partial charge in [0.2, 0.25) is 5.82 Å². The molecule has 0 spiro atoms. The molecule has 3 aromatic rings. The Morgan fingerprint density at radius 1 is 1.00 bits per heavy atom. The molecule has 0 saturated carbocycles. The molecule has 126 valence electrons. The fraction of sp³-hybridized carbons (Fsp3) is 0.211. The van der Waals surface area contributed by atoms with Gasteiger partial charge in [0.15, 0.2) is 0 Å². The van der Waals surface area contributed by atoms with Gasteiger partial charge in [-0.25, -0.2) is 0 Å². The molecule has 1 amide bonds. The van der Waals surface area contributed by atoms with Gasteiger partial charge in [0.05, 0.1) is 16.1 Å². The van der Waals surface area contributed by atoms with Crippen molar-refractivity contribution in [3.05, 3.63) is 59.1 Å². The predicted octanol–water partition coefficient (Wildman–Crippen LogP) is 4.29. The quantitative estimate of drug-likeness (QED) is 0.704. The van der Waals surface area contributed by atoms with Crippen molar-refractivity contribution in [3.63, 3.8) is 0 Å². The largest absolute Gasteiger partial charge is 0.339 e. The second-order valence-corrected chi connectivity index (χ2v) is 6.36. The summed E-state index contributed by atoms with van der Waals surface area (Å²) in [6.07, 6.45) is 2.09. The molecule has 6 heteroatoms. The third-order valence-corrected chi connectivity index (χ3v) is 4.65. The summed E-state index contributed by atoms with van der Waals surface area (Å²) in [6, 6.07) is 14.6. The molecule has 2 heterocycles. The Bertz CT molecular complexity index is 916. The Labute approximate surface area is 150 Å². The Balaban J connectivity index is 1.72. The van der Waals surface area contributed by atoms with Crippen LogP contribution in [0.15, 0.2) is 53.1 Å². The lowest BCUT2D eigenvalue weighted by molar-refractivity contribution is 0.0793. The van der Waals surface area contributed by atoms with E-state index in [1.807, 2.05) is 41.3 Å². The third-order valence-electron chi connectivity index (χ3n) is 4.32. The number of halogens is 1. The molecule has 0 N–H and O–H groups in total. The molecule has 2 aromatic carbocycles. The minimum atomic E-state index is 0.00518. The normalized spacial score (nSPS) is 14.0. The van der Waals surface area contributed by atoms with Gasteiger partial charge in [0.1, 0.15) is 0 Å². The summed E-state index contributed by atoms with van der Waals surface area (Å²) in [5, 5.41) is 4.58. The molecule has 1 saturated heterocycles. The number of amides is 1. The van der Waals surface area contributed by atoms with E-state index in [9.17, 15) is 4.79 Å². The summed E-state index contributed by atoms with van der Waals surface area (Å²) >= 11 is 6.20. The molecule has 4 rings (SSSR count). The van der Waals surface area contributed by atoms with Gasteiger partial charge in [-0.15, -0.1) is 0 Å². The highest BCUT2D eigenvalue weighted by atomic mass is 35.5. The summed E-state index contributed by atoms with van der Waals surface area (Å²) in [5.74, 6) is 0.729. The van der Waals surface area contributed by atoms with Gasteiger partial charge in [0, 0.05) is 18.7 Å². The van der Waals surface area contributed by atoms with Crippen LogP contribution >= 0.6 is 11.6 Å². The highest BCUT2D eigenvalue weighted by molar-refractivity contribution is 6.33. The zero-order valence-electron chi connectivity index (χ0n) is 13.5. The molecule has 0 atom stereocenters. The van der Waals surface area contributed by atoms with Crippen LogP contribution in [0.25, 0.3) is 22.8 Å². The summed E-state index contributed by atoms with van der Waals surface area (Å²) in [4.78, 5) is 19.1. The molecule has 1 aliphatic heterocycles. The molecule has 0 bridgehead atoms. The van der Waals surface area contributed by atoms with Crippen LogP contribution in [0.1, 0.15) is 23.2 Å². The standard InChI is InChI=1S/C19H16ClN3O2/c20-16-10-4-3-9-15(16)17-21-18(25-22-17)13-7-1-2-8-14(13)19(24)23-11-5-6-12-23/h1-4,7-10H,5-6,11-12H2. The zero-order chi connectivity index (χ0) is 17.2. The smallest absolute Gasteiger partial charge is 0.259 e. The lowest BCUT2D eigenvalue weighted by atomic mass is 10.1. The lowest BCUT2D eigenvalue weighted by Gasteiger charge is -2.16. The lowest BCUT2D eigenvalue weighted by Crippen LogP contribution is -2.28. The van der Waals surface area contributed by atoms with Crippen molar-refractivity contribution >= 4 is 17.5 Å². The maximum atomic E-state index is 12.8. The van der Waals surface area contributed by atoms with Crippen molar-refractivity contribution < 1.29 is 9.32 Å². The fourth-order valence-electron chi connectivity index (χ4n) is 3.03. The first-order valence-corrected chi connectivity index (χ1v) is 8.59. The maximum Gasteiger partial charge on any atom is 0.259 e. The van der Waals surface area contributed by atoms with Crippen LogP contribution in [-0.2, 0) is 0 Å². The number of carbonyl (C=O) groups is 1. The van der Waals surface area contributed by atoms with Crippen molar-refractivity contribution in [3.8, 4) is 22.8 Å². The van der Waals surface area contributed by atoms with E-state index in [0.717, 1.165) is 25.9 Å². The highest BCUT2D eigenvalue weighted by Gasteiger charge is 2.24. The number of benzene rings is 2. The first-order chi connectivity index (χ1) is 12.2. The van der Waals surface area contributed by atoms with Crippen LogP contribution in [0.2, 0.25) is 5.02 Å². The van der Waals surface area contributed by atoms with Gasteiger partial charge in [-0.3, -0.25) is 4.79 Å². The summed E-state index contributed by atoms with van der Waals surface area (Å²) < 4.78 is 5.42. The van der Waals surface area contributed by atoms with Gasteiger partial charge in [-0.05, 0) is 37.1 Å². The van der Waals surface area contributed by atoms with Crippen LogP contribution in [-0.4, -0.2) is 34.0 Å². The zero-order valence-corrected chi connectivity index (χ0v) is 14.2. The predicted molar refractivity (Wildman–Crippen MR) is 95.3 cm³/mol. The molecule has 0 aliphatic carbocycles. The average Bonchev–Trinajstić information content (AvgIpc) is 3.34. The first kappa shape index (κ1) is 15.8. The van der Waals surface area contributed by atoms with Gasteiger partial charge in [0.25, 0.3) is 11.8 Å². The third kappa shape index (κ3) is 3.03. The number of carbonyl (C=O) groups excluding carboxylic acids is 1. The Hall–Kier alpha value is -2.66. The average molecular weight is 354 g/mol. The van der Waals surface area contributed by atoms with Crippen LogP contribution < -0.4 is 0 Å². The maximum absolute atomic E-state index is 12.8. The summed E-state index contributed by atoms with van der Waals surface area (Å²) in [5.41, 5.74) is 1.92. The van der Waals surface area contributed by atoms with E-state index in [2.05, 4.69) is 10.1 Å². The monoisotopic (exact) mass is 353 g/mol. The number of rotatable bonds is 3. The number of likely N-dealkylation sites (tertiary alicyclic amines) is 1. The second-order valence-electron chi connectivity index (χ2n) is 5.95. The van der Waals surface area contributed by atoms with Crippen molar-refractivity contribution in [1.82, 2.24) is 15.0 Å². The van der Waals surface area contributed by atoms with E-state index < -0.39 is 0 Å². The summed E-state index contributed by atoms with van der Waals surface area (Å²) in [6.45, 7) is 1.59. The van der Waals surface area contributed by atoms with Crippen LogP contribution in [0.5, 0.6) is 0 Å². The molecule has 0 radical (unpaired) electrons. The van der Waals surface area contributed by atoms with Crippen molar-refractivity contribution in [2.75, 3.05) is 13.1 Å². The van der Waals surface area contributed by atoms with Gasteiger partial charge in [-0.1, -0.05) is 41.0 Å². The molecule has 1 fully saturated rings. The van der Waals surface area contributed by atoms with E-state index in [0.29, 0.717) is 33.4 Å². The Kier molecular flexibility index (Phi) is 4.24. The second kappa shape index (κ2) is 6.69. The minimum Gasteiger partial charge on any atom is -0.339 e. The Morgan fingerprint density at radius 2 is 1.68 bits per heavy atom. The minimum absolute atomic E-state index is 0.00518. The molecule has 0 unspecified atom stereocenters. The van der Waals surface area contributed by atoms with E-state index in [1.54, 1.807) is 12.1 Å². The van der Waals surface area contributed by atoms with Crippen molar-refractivity contribution in [2.24, 2.45) is 0 Å². The number of hydrogen-bond donors (Lipinski definition) is 0. The molecular formula is C19H16ClN3O2. The topological polar surface area (TPSA) is 59.2 Å². The van der Waals surface area contributed by atoms with Crippen molar-refractivity contribution in [2.45, 2.75) is 12.8 Å². The van der Waals surface area contributed by atoms with Gasteiger partial charge in [-0.2, -0.15) is 4.98 Å². The fourth-order valence-corrected chi connectivity index (χ4v) is 3.25. The first-order valence-electron chi connectivity index (χ1n) is 8.21. The highest BCUT2D eigenvalue weighted by Crippen LogP contribution is 2.29.